The predicted octanol–water partition coefficient (Wildman–Crippen LogP) is 1.11. The number of hydrazone groups is 1. The average molecular weight is 166 g/mol. The molecule has 0 spiro atoms. The van der Waals surface area contributed by atoms with Gasteiger partial charge in [-0.25, -0.2) is 0 Å². The molecule has 0 saturated heterocycles. The molecule has 2 nitrogen and oxygen atoms in total. The summed E-state index contributed by atoms with van der Waals surface area (Å²) in [6.07, 6.45) is 0. The summed E-state index contributed by atoms with van der Waals surface area (Å²) in [4.78, 5) is 0. The van der Waals surface area contributed by atoms with E-state index in [4.69, 9.17) is 0 Å². The van der Waals surface area contributed by atoms with Gasteiger partial charge in [0.05, 0.1) is 5.55 Å². The lowest BCUT2D eigenvalue weighted by Crippen LogP contribution is -1.95. The van der Waals surface area contributed by atoms with Crippen molar-refractivity contribution in [3.05, 3.63) is 4.28 Å². The number of nitrogens with zero attached hydrogens (tertiary/aromatic N) is 1. The Bertz CT molecular complexity index is 65.9. The first-order valence-corrected chi connectivity index (χ1v) is 3.03. The molecule has 4 heteroatoms. The number of nitrogens with one attached hydrogen (secondary N) is 1. The standard InChI is InChI=1S/C2H2BrN2S/c3-2-5-4-1-6-2/h1,5H. The van der Waals surface area contributed by atoms with Crippen LogP contribution in [-0.2, 0) is 0 Å². The van der Waals surface area contributed by atoms with Gasteiger partial charge in [-0.3, -0.25) is 5.43 Å². The van der Waals surface area contributed by atoms with Gasteiger partial charge in [-0.1, -0.05) is 11.8 Å². The smallest absolute Gasteiger partial charge is 0.205 e. The quantitative estimate of drug-likeness (QED) is 0.545. The van der Waals surface area contributed by atoms with E-state index in [1.165, 1.54) is 11.8 Å². The Kier molecular flexibility index (Phi) is 1.37. The Morgan fingerprint density at radius 2 is 2.83 bits per heavy atom. The van der Waals surface area contributed by atoms with E-state index in [0.29, 0.717) is 0 Å². The van der Waals surface area contributed by atoms with Gasteiger partial charge >= 0.3 is 0 Å². The summed E-state index contributed by atoms with van der Waals surface area (Å²) < 4.78 is 0.961. The van der Waals surface area contributed by atoms with Gasteiger partial charge < -0.3 is 0 Å². The normalized spacial score (nSPS) is 21.5. The van der Waals surface area contributed by atoms with Gasteiger partial charge in [-0.05, 0) is 15.9 Å². The molecule has 0 amide bonds. The van der Waals surface area contributed by atoms with Crippen molar-refractivity contribution in [3.63, 3.8) is 0 Å². The zero-order chi connectivity index (χ0) is 4.41. The fraction of sp³-hybridized carbons (Fsp3) is 0. The van der Waals surface area contributed by atoms with Crippen molar-refractivity contribution < 1.29 is 0 Å². The molecule has 0 unspecified atom stereocenters. The average Bonchev–Trinajstić information content (AvgIpc) is 1.86. The van der Waals surface area contributed by atoms with Crippen LogP contribution in [0, 0.1) is 4.28 Å². The van der Waals surface area contributed by atoms with Gasteiger partial charge in [0.15, 0.2) is 0 Å². The summed E-state index contributed by atoms with van der Waals surface area (Å²) >= 11 is 4.71. The SMILES string of the molecule is Br[C]1NN=CS1. The van der Waals surface area contributed by atoms with Crippen LogP contribution in [0.25, 0.3) is 0 Å². The fourth-order valence-electron chi connectivity index (χ4n) is 0.176. The lowest BCUT2D eigenvalue weighted by Gasteiger charge is -1.89. The molecule has 6 heavy (non-hydrogen) atoms. The summed E-state index contributed by atoms with van der Waals surface area (Å²) in [5.74, 6) is 0. The molecule has 0 atom stereocenters. The van der Waals surface area contributed by atoms with Crippen LogP contribution in [0.15, 0.2) is 5.10 Å². The van der Waals surface area contributed by atoms with Crippen molar-refractivity contribution in [2.24, 2.45) is 5.10 Å². The fourth-order valence-corrected chi connectivity index (χ4v) is 0.833. The molecule has 0 aromatic carbocycles. The van der Waals surface area contributed by atoms with Crippen molar-refractivity contribution >= 4 is 33.2 Å². The Hall–Kier alpha value is 0.300. The van der Waals surface area contributed by atoms with E-state index in [9.17, 15) is 0 Å². The maximum atomic E-state index is 3.67. The number of halogens is 1. The van der Waals surface area contributed by atoms with Gasteiger partial charge in [0, 0.05) is 0 Å². The minimum absolute atomic E-state index is 0.961. The second-order valence-corrected chi connectivity index (χ2v) is 2.91. The molecule has 0 bridgehead atoms. The highest BCUT2D eigenvalue weighted by Gasteiger charge is 2.04. The van der Waals surface area contributed by atoms with Gasteiger partial charge in [0.1, 0.15) is 0 Å². The Morgan fingerprint density at radius 3 is 3.00 bits per heavy atom. The molecule has 1 rings (SSSR count). The highest BCUT2D eigenvalue weighted by molar-refractivity contribution is 9.13. The first kappa shape index (κ1) is 4.46. The largest absolute Gasteiger partial charge is 0.279 e. The van der Waals surface area contributed by atoms with Crippen LogP contribution in [0.5, 0.6) is 0 Å². The van der Waals surface area contributed by atoms with E-state index in [0.717, 1.165) is 4.28 Å². The molecule has 1 aliphatic rings. The Labute approximate surface area is 48.5 Å². The topological polar surface area (TPSA) is 24.4 Å². The molecule has 0 aliphatic carbocycles. The summed E-state index contributed by atoms with van der Waals surface area (Å²) in [6, 6.07) is 0. The minimum Gasteiger partial charge on any atom is -0.279 e. The van der Waals surface area contributed by atoms with Crippen molar-refractivity contribution in [2.75, 3.05) is 0 Å². The molecule has 1 N–H and O–H groups in total. The zero-order valence-corrected chi connectivity index (χ0v) is 5.21. The zero-order valence-electron chi connectivity index (χ0n) is 2.81. The van der Waals surface area contributed by atoms with Crippen molar-refractivity contribution in [1.82, 2.24) is 5.43 Å². The predicted molar refractivity (Wildman–Crippen MR) is 31.4 cm³/mol. The third-order valence-electron chi connectivity index (χ3n) is 0.361. The first-order chi connectivity index (χ1) is 2.89. The Balaban J connectivity index is 2.32. The van der Waals surface area contributed by atoms with Gasteiger partial charge in [-0.15, -0.1) is 0 Å². The molecule has 1 heterocycles. The molecule has 0 aromatic rings. The maximum Gasteiger partial charge on any atom is 0.205 e. The number of thioether (sulfide) groups is 1. The highest BCUT2D eigenvalue weighted by Crippen LogP contribution is 2.23. The molecule has 0 saturated carbocycles. The molecule has 0 fully saturated rings. The molecular weight excluding hydrogens is 164 g/mol. The Morgan fingerprint density at radius 1 is 2.00 bits per heavy atom. The van der Waals surface area contributed by atoms with Crippen LogP contribution in [-0.4, -0.2) is 5.55 Å². The summed E-state index contributed by atoms with van der Waals surface area (Å²) in [5.41, 5.74) is 4.41. The molecule has 1 aliphatic heterocycles. The van der Waals surface area contributed by atoms with E-state index in [1.54, 1.807) is 5.55 Å². The van der Waals surface area contributed by atoms with Crippen molar-refractivity contribution in [3.8, 4) is 0 Å². The third kappa shape index (κ3) is 0.879. The maximum absolute atomic E-state index is 3.67. The van der Waals surface area contributed by atoms with E-state index in [-0.39, 0.29) is 0 Å². The molecule has 0 aromatic heterocycles. The lowest BCUT2D eigenvalue weighted by atomic mass is 11.5. The number of hydrogen-bond donors (Lipinski definition) is 1. The van der Waals surface area contributed by atoms with E-state index in [2.05, 4.69) is 26.5 Å². The molecule has 1 radical (unpaired) electrons. The second kappa shape index (κ2) is 1.84. The van der Waals surface area contributed by atoms with Crippen LogP contribution in [0.3, 0.4) is 0 Å². The first-order valence-electron chi connectivity index (χ1n) is 1.36. The highest BCUT2D eigenvalue weighted by atomic mass is 79.9. The van der Waals surface area contributed by atoms with Crippen molar-refractivity contribution in [2.45, 2.75) is 0 Å². The van der Waals surface area contributed by atoms with Crippen LogP contribution in [0.4, 0.5) is 0 Å². The minimum atomic E-state index is 0.961. The van der Waals surface area contributed by atoms with Gasteiger partial charge in [0.2, 0.25) is 4.28 Å². The van der Waals surface area contributed by atoms with Crippen LogP contribution in [0.1, 0.15) is 0 Å². The van der Waals surface area contributed by atoms with E-state index >= 15 is 0 Å². The van der Waals surface area contributed by atoms with E-state index < -0.39 is 0 Å². The monoisotopic (exact) mass is 165 g/mol. The van der Waals surface area contributed by atoms with Gasteiger partial charge in [-0.2, -0.15) is 5.10 Å². The van der Waals surface area contributed by atoms with Crippen LogP contribution < -0.4 is 5.43 Å². The van der Waals surface area contributed by atoms with Crippen LogP contribution in [0.2, 0.25) is 0 Å². The van der Waals surface area contributed by atoms with Gasteiger partial charge in [0.25, 0.3) is 0 Å². The van der Waals surface area contributed by atoms with Crippen molar-refractivity contribution in [1.29, 1.82) is 0 Å². The summed E-state index contributed by atoms with van der Waals surface area (Å²) in [7, 11) is 0. The molecular formula is C2H2BrN2S. The second-order valence-electron chi connectivity index (χ2n) is 0.738. The van der Waals surface area contributed by atoms with Crippen LogP contribution >= 0.6 is 27.7 Å². The van der Waals surface area contributed by atoms with E-state index in [1.807, 2.05) is 0 Å². The number of hydrogen-bond acceptors (Lipinski definition) is 3. The number of rotatable bonds is 0. The summed E-state index contributed by atoms with van der Waals surface area (Å²) in [5, 5.41) is 3.67. The molecule has 33 valence electrons. The summed E-state index contributed by atoms with van der Waals surface area (Å²) in [6.45, 7) is 0. The lowest BCUT2D eigenvalue weighted by molar-refractivity contribution is 0.953. The third-order valence-corrected chi connectivity index (χ3v) is 1.61.